The first-order valence-electron chi connectivity index (χ1n) is 7.66. The number of hydrogen-bond donors (Lipinski definition) is 2. The lowest BCUT2D eigenvalue weighted by Crippen LogP contribution is -2.56. The van der Waals surface area contributed by atoms with Gasteiger partial charge < -0.3 is 15.7 Å². The van der Waals surface area contributed by atoms with Gasteiger partial charge in [0.2, 0.25) is 5.43 Å². The third kappa shape index (κ3) is 2.48. The number of aromatic nitrogens is 3. The fourth-order valence-corrected chi connectivity index (χ4v) is 3.59. The number of anilines is 1. The Morgan fingerprint density at radius 2 is 2.20 bits per heavy atom. The molecule has 25 heavy (non-hydrogen) atoms. The Hall–Kier alpha value is -2.78. The number of aromatic carboxylic acids is 1. The molecule has 0 unspecified atom stereocenters. The third-order valence-corrected chi connectivity index (χ3v) is 5.00. The highest BCUT2D eigenvalue weighted by molar-refractivity contribution is 7.12. The summed E-state index contributed by atoms with van der Waals surface area (Å²) in [4.78, 5) is 35.0. The molecule has 4 rings (SSSR count). The number of aryl methyl sites for hydroxylation is 1. The van der Waals surface area contributed by atoms with Crippen LogP contribution < -0.4 is 16.1 Å². The van der Waals surface area contributed by atoms with Crippen molar-refractivity contribution in [1.29, 1.82) is 0 Å². The second kappa shape index (κ2) is 5.64. The van der Waals surface area contributed by atoms with E-state index in [0.29, 0.717) is 34.8 Å². The summed E-state index contributed by atoms with van der Waals surface area (Å²) in [5.74, 6) is -0.547. The van der Waals surface area contributed by atoms with Crippen molar-refractivity contribution in [2.45, 2.75) is 13.0 Å². The van der Waals surface area contributed by atoms with E-state index < -0.39 is 11.4 Å². The predicted molar refractivity (Wildman–Crippen MR) is 94.9 cm³/mol. The van der Waals surface area contributed by atoms with Crippen LogP contribution in [-0.2, 0) is 0 Å². The van der Waals surface area contributed by atoms with E-state index >= 15 is 0 Å². The van der Waals surface area contributed by atoms with Gasteiger partial charge in [0.25, 0.3) is 0 Å². The van der Waals surface area contributed by atoms with Gasteiger partial charge in [0.05, 0.1) is 5.39 Å². The van der Waals surface area contributed by atoms with Crippen molar-refractivity contribution in [1.82, 2.24) is 14.5 Å². The van der Waals surface area contributed by atoms with Crippen LogP contribution in [0.2, 0.25) is 0 Å². The van der Waals surface area contributed by atoms with Gasteiger partial charge >= 0.3 is 5.97 Å². The summed E-state index contributed by atoms with van der Waals surface area (Å²) in [6, 6.07) is 1.92. The molecule has 3 aromatic rings. The van der Waals surface area contributed by atoms with Gasteiger partial charge in [-0.25, -0.2) is 14.8 Å². The number of nitrogens with zero attached hydrogens (tertiary/aromatic N) is 4. The largest absolute Gasteiger partial charge is 0.477 e. The topological polar surface area (TPSA) is 114 Å². The van der Waals surface area contributed by atoms with E-state index in [-0.39, 0.29) is 11.6 Å². The molecule has 0 aliphatic carbocycles. The molecule has 0 aromatic carbocycles. The fourth-order valence-electron chi connectivity index (χ4n) is 2.97. The number of rotatable bonds is 3. The summed E-state index contributed by atoms with van der Waals surface area (Å²) < 4.78 is 1.57. The first kappa shape index (κ1) is 15.7. The van der Waals surface area contributed by atoms with Gasteiger partial charge in [0.1, 0.15) is 11.4 Å². The quantitative estimate of drug-likeness (QED) is 0.718. The number of hydrogen-bond acceptors (Lipinski definition) is 7. The highest BCUT2D eigenvalue weighted by Crippen LogP contribution is 2.26. The Kier molecular flexibility index (Phi) is 3.55. The van der Waals surface area contributed by atoms with Crippen molar-refractivity contribution in [2.75, 3.05) is 18.0 Å². The van der Waals surface area contributed by atoms with E-state index in [4.69, 9.17) is 5.73 Å². The highest BCUT2D eigenvalue weighted by Gasteiger charge is 2.26. The lowest BCUT2D eigenvalue weighted by Gasteiger charge is -2.38. The summed E-state index contributed by atoms with van der Waals surface area (Å²) in [7, 11) is 0. The van der Waals surface area contributed by atoms with E-state index in [1.165, 1.54) is 17.5 Å². The van der Waals surface area contributed by atoms with E-state index in [1.54, 1.807) is 29.1 Å². The van der Waals surface area contributed by atoms with E-state index in [2.05, 4.69) is 9.97 Å². The van der Waals surface area contributed by atoms with Crippen molar-refractivity contribution in [3.8, 4) is 5.13 Å². The molecule has 0 bridgehead atoms. The van der Waals surface area contributed by atoms with Crippen molar-refractivity contribution >= 4 is 34.2 Å². The summed E-state index contributed by atoms with van der Waals surface area (Å²) in [5, 5.41) is 12.0. The molecular formula is C16H15N5O3S. The minimum Gasteiger partial charge on any atom is -0.477 e. The molecule has 3 N–H and O–H groups in total. The Bertz CT molecular complexity index is 1040. The molecule has 3 aromatic heterocycles. The standard InChI is InChI=1S/C16H15N5O3S/c1-8-4-11(20-5-9(17)6-20)19-14-12(8)13(22)10(15(23)24)7-21(14)16-18-2-3-25-16/h2-4,7,9H,5-6,17H2,1H3,(H,23,24). The van der Waals surface area contributed by atoms with Crippen LogP contribution in [0.3, 0.4) is 0 Å². The van der Waals surface area contributed by atoms with E-state index in [1.807, 2.05) is 4.90 Å². The third-order valence-electron chi connectivity index (χ3n) is 4.23. The Morgan fingerprint density at radius 3 is 2.80 bits per heavy atom. The molecule has 1 aliphatic heterocycles. The lowest BCUT2D eigenvalue weighted by atomic mass is 10.1. The van der Waals surface area contributed by atoms with Crippen LogP contribution in [0.25, 0.3) is 16.2 Å². The lowest BCUT2D eigenvalue weighted by molar-refractivity contribution is 0.0695. The minimum absolute atomic E-state index is 0.119. The summed E-state index contributed by atoms with van der Waals surface area (Å²) in [6.07, 6.45) is 2.92. The number of pyridine rings is 2. The first-order chi connectivity index (χ1) is 12.0. The number of fused-ring (bicyclic) bond motifs is 1. The molecule has 0 spiro atoms. The number of carbonyl (C=O) groups is 1. The van der Waals surface area contributed by atoms with Gasteiger partial charge in [0.15, 0.2) is 10.8 Å². The average molecular weight is 357 g/mol. The summed E-state index contributed by atoms with van der Waals surface area (Å²) >= 11 is 1.34. The number of carboxylic acid groups (broad SMARTS) is 1. The maximum Gasteiger partial charge on any atom is 0.341 e. The van der Waals surface area contributed by atoms with Crippen LogP contribution in [0.1, 0.15) is 15.9 Å². The van der Waals surface area contributed by atoms with Gasteiger partial charge in [0, 0.05) is 36.9 Å². The highest BCUT2D eigenvalue weighted by atomic mass is 32.1. The van der Waals surface area contributed by atoms with Crippen molar-refractivity contribution in [3.05, 3.63) is 45.2 Å². The molecule has 1 aliphatic rings. The summed E-state index contributed by atoms with van der Waals surface area (Å²) in [5.41, 5.74) is 6.09. The molecule has 4 heterocycles. The second-order valence-electron chi connectivity index (χ2n) is 6.02. The molecule has 0 amide bonds. The number of carboxylic acids is 1. The van der Waals surface area contributed by atoms with Crippen molar-refractivity contribution in [3.63, 3.8) is 0 Å². The number of thiazole rings is 1. The Balaban J connectivity index is 2.04. The normalized spacial score (nSPS) is 14.7. The van der Waals surface area contributed by atoms with Gasteiger partial charge in [-0.3, -0.25) is 9.36 Å². The maximum atomic E-state index is 12.6. The molecular weight excluding hydrogens is 342 g/mol. The predicted octanol–water partition coefficient (Wildman–Crippen LogP) is 0.996. The molecule has 0 radical (unpaired) electrons. The molecule has 1 saturated heterocycles. The molecule has 128 valence electrons. The van der Waals surface area contributed by atoms with Gasteiger partial charge in [-0.05, 0) is 18.6 Å². The van der Waals surface area contributed by atoms with Crippen LogP contribution in [0.4, 0.5) is 5.82 Å². The summed E-state index contributed by atoms with van der Waals surface area (Å²) in [6.45, 7) is 3.19. The smallest absolute Gasteiger partial charge is 0.341 e. The molecule has 1 fully saturated rings. The fraction of sp³-hybridized carbons (Fsp3) is 0.250. The second-order valence-corrected chi connectivity index (χ2v) is 6.90. The maximum absolute atomic E-state index is 12.6. The van der Waals surface area contributed by atoms with Crippen LogP contribution in [0.5, 0.6) is 0 Å². The SMILES string of the molecule is Cc1cc(N2CC(N)C2)nc2c1c(=O)c(C(=O)O)cn2-c1nccs1. The van der Waals surface area contributed by atoms with Gasteiger partial charge in [-0.2, -0.15) is 0 Å². The van der Waals surface area contributed by atoms with Gasteiger partial charge in [-0.1, -0.05) is 0 Å². The molecule has 9 heteroatoms. The monoisotopic (exact) mass is 357 g/mol. The molecule has 0 atom stereocenters. The zero-order valence-electron chi connectivity index (χ0n) is 13.3. The zero-order valence-corrected chi connectivity index (χ0v) is 14.2. The average Bonchev–Trinajstić information content (AvgIpc) is 3.05. The van der Waals surface area contributed by atoms with Crippen molar-refractivity contribution in [2.24, 2.45) is 5.73 Å². The first-order valence-corrected chi connectivity index (χ1v) is 8.54. The molecule has 0 saturated carbocycles. The molecule has 8 nitrogen and oxygen atoms in total. The van der Waals surface area contributed by atoms with Crippen molar-refractivity contribution < 1.29 is 9.90 Å². The Labute approximate surface area is 146 Å². The van der Waals surface area contributed by atoms with Crippen LogP contribution >= 0.6 is 11.3 Å². The minimum atomic E-state index is -1.27. The zero-order chi connectivity index (χ0) is 17.7. The van der Waals surface area contributed by atoms with E-state index in [9.17, 15) is 14.7 Å². The van der Waals surface area contributed by atoms with Crippen LogP contribution in [-0.4, -0.2) is 44.7 Å². The van der Waals surface area contributed by atoms with Crippen LogP contribution in [0, 0.1) is 6.92 Å². The van der Waals surface area contributed by atoms with Crippen LogP contribution in [0.15, 0.2) is 28.6 Å². The van der Waals surface area contributed by atoms with E-state index in [0.717, 1.165) is 5.82 Å². The number of nitrogens with two attached hydrogens (primary N) is 1. The van der Waals surface area contributed by atoms with Gasteiger partial charge in [-0.15, -0.1) is 11.3 Å². The Morgan fingerprint density at radius 1 is 1.44 bits per heavy atom.